The number of amides is 1. The Morgan fingerprint density at radius 3 is 2.39 bits per heavy atom. The van der Waals surface area contributed by atoms with Crippen molar-refractivity contribution in [2.75, 3.05) is 11.9 Å². The number of nitrogens with one attached hydrogen (secondary N) is 1. The van der Waals surface area contributed by atoms with Gasteiger partial charge in [0.1, 0.15) is 5.82 Å². The number of rotatable bonds is 3. The van der Waals surface area contributed by atoms with Crippen LogP contribution >= 0.6 is 34.8 Å². The van der Waals surface area contributed by atoms with E-state index >= 15 is 0 Å². The molecule has 0 unspecified atom stereocenters. The van der Waals surface area contributed by atoms with Gasteiger partial charge in [-0.1, -0.05) is 46.9 Å². The molecule has 0 saturated heterocycles. The number of fused-ring (bicyclic) bond motifs is 1. The summed E-state index contributed by atoms with van der Waals surface area (Å²) in [7, 11) is 1.71. The third-order valence-corrected chi connectivity index (χ3v) is 5.29. The van der Waals surface area contributed by atoms with Crippen LogP contribution in [0.1, 0.15) is 10.4 Å². The van der Waals surface area contributed by atoms with Crippen molar-refractivity contribution in [2.24, 2.45) is 0 Å². The van der Waals surface area contributed by atoms with Gasteiger partial charge >= 0.3 is 0 Å². The quantitative estimate of drug-likeness (QED) is 0.405. The zero-order chi connectivity index (χ0) is 19.8. The molecule has 140 valence electrons. The second kappa shape index (κ2) is 7.47. The van der Waals surface area contributed by atoms with Crippen LogP contribution in [0.5, 0.6) is 0 Å². The zero-order valence-electron chi connectivity index (χ0n) is 14.7. The number of halogens is 3. The Hall–Kier alpha value is -2.53. The average Bonchev–Trinajstić information content (AvgIpc) is 3.09. The smallest absolute Gasteiger partial charge is 0.258 e. The second-order valence-electron chi connectivity index (χ2n) is 6.26. The third kappa shape index (κ3) is 3.47. The molecule has 0 aliphatic carbocycles. The Morgan fingerprint density at radius 2 is 1.68 bits per heavy atom. The summed E-state index contributed by atoms with van der Waals surface area (Å²) in [5.41, 5.74) is 3.30. The van der Waals surface area contributed by atoms with E-state index in [1.165, 1.54) is 0 Å². The van der Waals surface area contributed by atoms with E-state index in [9.17, 15) is 4.79 Å². The van der Waals surface area contributed by atoms with Crippen molar-refractivity contribution >= 4 is 57.4 Å². The van der Waals surface area contributed by atoms with Gasteiger partial charge in [0.15, 0.2) is 0 Å². The molecule has 1 heterocycles. The molecule has 4 nitrogen and oxygen atoms in total. The number of H-pyrrole nitrogens is 1. The maximum Gasteiger partial charge on any atom is 0.258 e. The summed E-state index contributed by atoms with van der Waals surface area (Å²) in [4.78, 5) is 22.2. The second-order valence-corrected chi connectivity index (χ2v) is 7.51. The molecule has 0 saturated carbocycles. The number of hydrogen-bond acceptors (Lipinski definition) is 2. The van der Waals surface area contributed by atoms with Gasteiger partial charge in [0, 0.05) is 23.3 Å². The van der Waals surface area contributed by atoms with Gasteiger partial charge < -0.3 is 9.88 Å². The molecule has 1 aromatic heterocycles. The number of anilines is 1. The number of benzene rings is 3. The molecular weight excluding hydrogens is 417 g/mol. The average molecular weight is 431 g/mol. The van der Waals surface area contributed by atoms with E-state index in [1.54, 1.807) is 66.5 Å². The van der Waals surface area contributed by atoms with Crippen molar-refractivity contribution in [2.45, 2.75) is 0 Å². The van der Waals surface area contributed by atoms with Gasteiger partial charge in [-0.25, -0.2) is 4.98 Å². The maximum absolute atomic E-state index is 12.9. The van der Waals surface area contributed by atoms with Gasteiger partial charge in [-0.15, -0.1) is 0 Å². The monoisotopic (exact) mass is 429 g/mol. The molecule has 4 rings (SSSR count). The summed E-state index contributed by atoms with van der Waals surface area (Å²) in [6.07, 6.45) is 0. The molecule has 1 amide bonds. The van der Waals surface area contributed by atoms with Crippen molar-refractivity contribution in [3.05, 3.63) is 81.3 Å². The Labute approximate surface area is 176 Å². The van der Waals surface area contributed by atoms with Crippen molar-refractivity contribution in [1.29, 1.82) is 0 Å². The molecule has 0 spiro atoms. The lowest BCUT2D eigenvalue weighted by Gasteiger charge is -2.17. The van der Waals surface area contributed by atoms with Gasteiger partial charge in [-0.05, 0) is 48.5 Å². The first-order valence-electron chi connectivity index (χ1n) is 8.42. The summed E-state index contributed by atoms with van der Waals surface area (Å²) in [5, 5.41) is 1.58. The number of carbonyl (C=O) groups is 1. The fraction of sp³-hybridized carbons (Fsp3) is 0.0476. The largest absolute Gasteiger partial charge is 0.338 e. The molecule has 4 aromatic rings. The number of aromatic nitrogens is 2. The van der Waals surface area contributed by atoms with Crippen molar-refractivity contribution in [3.8, 4) is 11.4 Å². The van der Waals surface area contributed by atoms with Crippen LogP contribution in [0.4, 0.5) is 5.69 Å². The van der Waals surface area contributed by atoms with Crippen LogP contribution in [0.15, 0.2) is 60.7 Å². The fourth-order valence-corrected chi connectivity index (χ4v) is 3.74. The molecule has 7 heteroatoms. The van der Waals surface area contributed by atoms with E-state index in [0.717, 1.165) is 5.52 Å². The number of imidazole rings is 1. The molecule has 3 aromatic carbocycles. The normalized spacial score (nSPS) is 11.0. The van der Waals surface area contributed by atoms with Gasteiger partial charge in [-0.2, -0.15) is 0 Å². The molecule has 28 heavy (non-hydrogen) atoms. The maximum atomic E-state index is 12.9. The number of carbonyl (C=O) groups excluding carboxylic acids is 1. The summed E-state index contributed by atoms with van der Waals surface area (Å²) < 4.78 is 0. The van der Waals surface area contributed by atoms with E-state index in [0.29, 0.717) is 43.2 Å². The van der Waals surface area contributed by atoms with E-state index in [-0.39, 0.29) is 5.91 Å². The predicted molar refractivity (Wildman–Crippen MR) is 116 cm³/mol. The Bertz CT molecular complexity index is 1180. The van der Waals surface area contributed by atoms with E-state index < -0.39 is 0 Å². The van der Waals surface area contributed by atoms with Crippen LogP contribution in [-0.2, 0) is 0 Å². The minimum atomic E-state index is -0.156. The predicted octanol–water partition coefficient (Wildman–Crippen LogP) is 6.47. The van der Waals surface area contributed by atoms with E-state index in [2.05, 4.69) is 9.97 Å². The van der Waals surface area contributed by atoms with Gasteiger partial charge in [-0.3, -0.25) is 4.79 Å². The molecular formula is C21H14Cl3N3O. The van der Waals surface area contributed by atoms with Crippen LogP contribution in [0.3, 0.4) is 0 Å². The molecule has 0 bridgehead atoms. The standard InChI is InChI=1S/C21H14Cl3N3O/c1-27(14-5-2-4-13(22)11-14)21(28)12-8-9-17-18(10-12)26-20(25-17)19-15(23)6-3-7-16(19)24/h2-11H,1H3,(H,25,26). The number of aromatic amines is 1. The summed E-state index contributed by atoms with van der Waals surface area (Å²) in [6, 6.07) is 17.7. The molecule has 0 aliphatic heterocycles. The van der Waals surface area contributed by atoms with Gasteiger partial charge in [0.05, 0.1) is 26.6 Å². The third-order valence-electron chi connectivity index (χ3n) is 4.43. The van der Waals surface area contributed by atoms with Crippen LogP contribution in [0.25, 0.3) is 22.4 Å². The molecule has 0 atom stereocenters. The number of nitrogens with zero attached hydrogens (tertiary/aromatic N) is 2. The zero-order valence-corrected chi connectivity index (χ0v) is 17.0. The lowest BCUT2D eigenvalue weighted by molar-refractivity contribution is 0.0993. The lowest BCUT2D eigenvalue weighted by Crippen LogP contribution is -2.26. The first-order chi connectivity index (χ1) is 13.4. The summed E-state index contributed by atoms with van der Waals surface area (Å²) in [6.45, 7) is 0. The minimum Gasteiger partial charge on any atom is -0.338 e. The van der Waals surface area contributed by atoms with Crippen molar-refractivity contribution in [1.82, 2.24) is 9.97 Å². The highest BCUT2D eigenvalue weighted by atomic mass is 35.5. The first kappa shape index (κ1) is 18.8. The minimum absolute atomic E-state index is 0.156. The van der Waals surface area contributed by atoms with E-state index in [4.69, 9.17) is 34.8 Å². The topological polar surface area (TPSA) is 49.0 Å². The van der Waals surface area contributed by atoms with Gasteiger partial charge in [0.25, 0.3) is 5.91 Å². The lowest BCUT2D eigenvalue weighted by atomic mass is 10.1. The fourth-order valence-electron chi connectivity index (χ4n) is 2.98. The van der Waals surface area contributed by atoms with Gasteiger partial charge in [0.2, 0.25) is 0 Å². The van der Waals surface area contributed by atoms with Crippen molar-refractivity contribution in [3.63, 3.8) is 0 Å². The highest BCUT2D eigenvalue weighted by molar-refractivity contribution is 6.39. The van der Waals surface area contributed by atoms with Crippen LogP contribution in [0.2, 0.25) is 15.1 Å². The van der Waals surface area contributed by atoms with Crippen LogP contribution in [-0.4, -0.2) is 22.9 Å². The highest BCUT2D eigenvalue weighted by Gasteiger charge is 2.17. The summed E-state index contributed by atoms with van der Waals surface area (Å²) >= 11 is 18.6. The molecule has 0 fully saturated rings. The number of hydrogen-bond donors (Lipinski definition) is 1. The van der Waals surface area contributed by atoms with E-state index in [1.807, 2.05) is 6.07 Å². The SMILES string of the molecule is CN(C(=O)c1ccc2nc(-c3c(Cl)cccc3Cl)[nH]c2c1)c1cccc(Cl)c1. The van der Waals surface area contributed by atoms with Crippen molar-refractivity contribution < 1.29 is 4.79 Å². The highest BCUT2D eigenvalue weighted by Crippen LogP contribution is 2.34. The van der Waals surface area contributed by atoms with Crippen LogP contribution in [0, 0.1) is 0 Å². The Balaban J connectivity index is 1.71. The summed E-state index contributed by atoms with van der Waals surface area (Å²) in [5.74, 6) is 0.398. The van der Waals surface area contributed by atoms with Crippen LogP contribution < -0.4 is 4.90 Å². The Kier molecular flexibility index (Phi) is 5.02. The molecule has 0 aliphatic rings. The molecule has 0 radical (unpaired) electrons. The Morgan fingerprint density at radius 1 is 0.964 bits per heavy atom. The molecule has 1 N–H and O–H groups in total. The first-order valence-corrected chi connectivity index (χ1v) is 9.55.